The molecule has 0 aromatic heterocycles. The van der Waals surface area contributed by atoms with Crippen LogP contribution in [0.2, 0.25) is 5.28 Å². The third-order valence-electron chi connectivity index (χ3n) is 1.39. The van der Waals surface area contributed by atoms with Gasteiger partial charge >= 0.3 is 0 Å². The predicted molar refractivity (Wildman–Crippen MR) is 40.1 cm³/mol. The monoisotopic (exact) mass is 136 g/mol. The lowest BCUT2D eigenvalue weighted by Gasteiger charge is -1.98. The van der Waals surface area contributed by atoms with Crippen LogP contribution in [0.15, 0.2) is 0 Å². The molecule has 0 radical (unpaired) electrons. The fraction of sp³-hybridized carbons (Fsp3) is 1.00. The van der Waals surface area contributed by atoms with E-state index in [1.54, 1.807) is 0 Å². The molecule has 0 spiro atoms. The Morgan fingerprint density at radius 2 is 2.00 bits per heavy atom. The number of hydrogen-bond donors (Lipinski definition) is 0. The van der Waals surface area contributed by atoms with Crippen LogP contribution in [0.3, 0.4) is 0 Å². The minimum Gasteiger partial charge on any atom is -0.147 e. The molecule has 1 atom stereocenters. The number of rotatable bonds is 2. The van der Waals surface area contributed by atoms with Gasteiger partial charge in [-0.1, -0.05) is 31.5 Å². The van der Waals surface area contributed by atoms with Crippen molar-refractivity contribution in [2.45, 2.75) is 25.6 Å². The van der Waals surface area contributed by atoms with Gasteiger partial charge in [0.15, 0.2) is 0 Å². The molecule has 0 aliphatic rings. The molecule has 0 heterocycles. The third kappa shape index (κ3) is 6.82. The first-order valence-corrected chi connectivity index (χ1v) is 4.22. The molecule has 1 unspecified atom stereocenters. The van der Waals surface area contributed by atoms with Gasteiger partial charge in [0, 0.05) is 0 Å². The van der Waals surface area contributed by atoms with Gasteiger partial charge in [-0.15, -0.1) is 12.4 Å². The lowest BCUT2D eigenvalue weighted by atomic mass is 10.2. The number of hydrogen-bond acceptors (Lipinski definition) is 0. The predicted octanol–water partition coefficient (Wildman–Crippen LogP) is 1.51. The summed E-state index contributed by atoms with van der Waals surface area (Å²) in [5.74, 6) is 0.997. The van der Waals surface area contributed by atoms with E-state index >= 15 is 0 Å². The molecule has 0 aliphatic heterocycles. The molecule has 0 N–H and O–H groups in total. The zero-order chi connectivity index (χ0) is 4.99. The molecule has 0 saturated carbocycles. The van der Waals surface area contributed by atoms with Crippen molar-refractivity contribution < 1.29 is 0 Å². The lowest BCUT2D eigenvalue weighted by molar-refractivity contribution is 0.625. The second-order valence-electron chi connectivity index (χ2n) is 1.92. The van der Waals surface area contributed by atoms with E-state index in [4.69, 9.17) is 0 Å². The minimum absolute atomic E-state index is 0. The Hall–Kier alpha value is 0.822. The molecule has 0 amide bonds. The fourth-order valence-corrected chi connectivity index (χ4v) is 0.866. The van der Waals surface area contributed by atoms with Crippen LogP contribution in [0.4, 0.5) is 0 Å². The van der Waals surface area contributed by atoms with Gasteiger partial charge in [0.2, 0.25) is 16.3 Å². The molecular formula is C5H14AlCl. The van der Waals surface area contributed by atoms with E-state index in [-0.39, 0.29) is 12.4 Å². The third-order valence-corrected chi connectivity index (χ3v) is 2.79. The molecule has 0 saturated heterocycles. The molecular weight excluding hydrogens is 122 g/mol. The largest absolute Gasteiger partial charge is 0.212 e. The first-order chi connectivity index (χ1) is 2.81. The van der Waals surface area contributed by atoms with Crippen LogP contribution in [-0.2, 0) is 0 Å². The van der Waals surface area contributed by atoms with Crippen LogP contribution in [0.25, 0.3) is 0 Å². The van der Waals surface area contributed by atoms with Gasteiger partial charge in [-0.05, 0) is 0 Å². The van der Waals surface area contributed by atoms with Crippen LogP contribution in [0.5, 0.6) is 0 Å². The van der Waals surface area contributed by atoms with E-state index in [9.17, 15) is 0 Å². The van der Waals surface area contributed by atoms with Crippen LogP contribution in [-0.4, -0.2) is 16.3 Å². The summed E-state index contributed by atoms with van der Waals surface area (Å²) in [6.45, 7) is 4.57. The highest BCUT2D eigenvalue weighted by atomic mass is 35.5. The zero-order valence-corrected chi connectivity index (χ0v) is 8.22. The highest BCUT2D eigenvalue weighted by Gasteiger charge is 1.88. The molecule has 2 heteroatoms. The van der Waals surface area contributed by atoms with Gasteiger partial charge in [-0.25, -0.2) is 0 Å². The van der Waals surface area contributed by atoms with Crippen molar-refractivity contribution in [3.8, 4) is 0 Å². The molecule has 44 valence electrons. The Morgan fingerprint density at radius 3 is 2.00 bits per heavy atom. The first kappa shape index (κ1) is 10.7. The minimum atomic E-state index is 0. The standard InChI is InChI=1S/C5H11.Al.ClH.2H/c1-4-5(2)3;;;;/h5H,2,4H2,1,3H3;;1H;;. The average molecular weight is 137 g/mol. The SMILES string of the molecule is CCC(C)[CH2][AlH2].Cl. The van der Waals surface area contributed by atoms with E-state index in [1.807, 2.05) is 0 Å². The molecule has 0 nitrogen and oxygen atoms in total. The summed E-state index contributed by atoms with van der Waals surface area (Å²) in [5, 5.41) is 1.47. The summed E-state index contributed by atoms with van der Waals surface area (Å²) in [5.41, 5.74) is 0. The van der Waals surface area contributed by atoms with Gasteiger partial charge in [-0.3, -0.25) is 0 Å². The highest BCUT2D eigenvalue weighted by Crippen LogP contribution is 2.01. The van der Waals surface area contributed by atoms with Gasteiger partial charge in [-0.2, -0.15) is 0 Å². The molecule has 0 aromatic rings. The summed E-state index contributed by atoms with van der Waals surface area (Å²) >= 11 is 1.38. The quantitative estimate of drug-likeness (QED) is 0.505. The van der Waals surface area contributed by atoms with Crippen molar-refractivity contribution in [3.05, 3.63) is 0 Å². The van der Waals surface area contributed by atoms with E-state index in [1.165, 1.54) is 28.0 Å². The van der Waals surface area contributed by atoms with Crippen molar-refractivity contribution in [2.24, 2.45) is 5.92 Å². The maximum absolute atomic E-state index is 2.31. The molecule has 0 aromatic carbocycles. The summed E-state index contributed by atoms with van der Waals surface area (Å²) < 4.78 is 0. The second kappa shape index (κ2) is 6.82. The second-order valence-corrected chi connectivity index (χ2v) is 2.74. The van der Waals surface area contributed by atoms with E-state index in [0.29, 0.717) is 0 Å². The van der Waals surface area contributed by atoms with Crippen LogP contribution in [0, 0.1) is 5.92 Å². The Morgan fingerprint density at radius 1 is 1.57 bits per heavy atom. The maximum atomic E-state index is 2.31. The topological polar surface area (TPSA) is 0 Å². The summed E-state index contributed by atoms with van der Waals surface area (Å²) in [6.07, 6.45) is 1.36. The molecule has 7 heavy (non-hydrogen) atoms. The summed E-state index contributed by atoms with van der Waals surface area (Å²) in [6, 6.07) is 0. The van der Waals surface area contributed by atoms with Crippen molar-refractivity contribution in [2.75, 3.05) is 0 Å². The van der Waals surface area contributed by atoms with Gasteiger partial charge in [0.1, 0.15) is 0 Å². The maximum Gasteiger partial charge on any atom is 0.212 e. The van der Waals surface area contributed by atoms with Gasteiger partial charge in [0.25, 0.3) is 0 Å². The van der Waals surface area contributed by atoms with Crippen molar-refractivity contribution in [1.29, 1.82) is 0 Å². The first-order valence-electron chi connectivity index (χ1n) is 2.81. The average Bonchev–Trinajstić information content (AvgIpc) is 1.65. The Labute approximate surface area is 60.5 Å². The van der Waals surface area contributed by atoms with Crippen LogP contribution >= 0.6 is 12.4 Å². The Kier molecular flexibility index (Phi) is 10.5. The lowest BCUT2D eigenvalue weighted by Crippen LogP contribution is -1.87. The van der Waals surface area contributed by atoms with Crippen LogP contribution < -0.4 is 0 Å². The highest BCUT2D eigenvalue weighted by molar-refractivity contribution is 6.08. The van der Waals surface area contributed by atoms with Crippen molar-refractivity contribution in [3.63, 3.8) is 0 Å². The normalized spacial score (nSPS) is 12.3. The molecule has 0 bridgehead atoms. The van der Waals surface area contributed by atoms with Crippen LogP contribution in [0.1, 0.15) is 20.3 Å². The smallest absolute Gasteiger partial charge is 0.147 e. The van der Waals surface area contributed by atoms with E-state index in [2.05, 4.69) is 13.8 Å². The molecule has 0 fully saturated rings. The number of halogens is 1. The molecule has 0 rings (SSSR count). The summed E-state index contributed by atoms with van der Waals surface area (Å²) in [4.78, 5) is 0. The fourth-order valence-electron chi connectivity index (χ4n) is 0.289. The van der Waals surface area contributed by atoms with E-state index in [0.717, 1.165) is 5.92 Å². The Balaban J connectivity index is 0. The zero-order valence-electron chi connectivity index (χ0n) is 5.40. The van der Waals surface area contributed by atoms with Crippen molar-refractivity contribution in [1.82, 2.24) is 0 Å². The molecule has 0 aliphatic carbocycles. The summed E-state index contributed by atoms with van der Waals surface area (Å²) in [7, 11) is 0. The Bertz CT molecular complexity index is 27.3. The van der Waals surface area contributed by atoms with Gasteiger partial charge < -0.3 is 0 Å². The van der Waals surface area contributed by atoms with E-state index < -0.39 is 0 Å². The van der Waals surface area contributed by atoms with Gasteiger partial charge in [0.05, 0.1) is 0 Å². The van der Waals surface area contributed by atoms with Crippen molar-refractivity contribution >= 4 is 28.7 Å².